The number of hydrogen-bond acceptors (Lipinski definition) is 3. The molecule has 2 nitrogen and oxygen atoms in total. The Morgan fingerprint density at radius 1 is 1.00 bits per heavy atom. The van der Waals surface area contributed by atoms with Gasteiger partial charge in [-0.25, -0.2) is 18.6 Å². The number of nitrogens with two attached hydrogens (primary N) is 1. The van der Waals surface area contributed by atoms with Crippen molar-refractivity contribution in [1.82, 2.24) is 5.43 Å². The summed E-state index contributed by atoms with van der Waals surface area (Å²) in [7, 11) is 0. The number of rotatable bonds is 3. The van der Waals surface area contributed by atoms with E-state index in [0.29, 0.717) is 9.58 Å². The van der Waals surface area contributed by atoms with E-state index in [1.165, 1.54) is 41.7 Å². The standard InChI is InChI=1S/C15H11F3N2S/c16-9-5-4-8-6-13(21-12(8)7-9)15(20-19)14-10(17)2-1-3-11(14)18/h1-7,15,20H,19H2. The molecular weight excluding hydrogens is 297 g/mol. The predicted octanol–water partition coefficient (Wildman–Crippen LogP) is 3.87. The smallest absolute Gasteiger partial charge is 0.131 e. The molecule has 0 fully saturated rings. The fourth-order valence-electron chi connectivity index (χ4n) is 2.26. The van der Waals surface area contributed by atoms with E-state index in [2.05, 4.69) is 5.43 Å². The monoisotopic (exact) mass is 308 g/mol. The van der Waals surface area contributed by atoms with Crippen molar-refractivity contribution in [2.45, 2.75) is 6.04 Å². The summed E-state index contributed by atoms with van der Waals surface area (Å²) in [4.78, 5) is 0.613. The second-order valence-electron chi connectivity index (χ2n) is 4.57. The number of fused-ring (bicyclic) bond motifs is 1. The summed E-state index contributed by atoms with van der Waals surface area (Å²) in [6.07, 6.45) is 0. The molecule has 0 spiro atoms. The largest absolute Gasteiger partial charge is 0.271 e. The van der Waals surface area contributed by atoms with Crippen molar-refractivity contribution in [1.29, 1.82) is 0 Å². The molecule has 0 amide bonds. The van der Waals surface area contributed by atoms with Crippen LogP contribution < -0.4 is 11.3 Å². The summed E-state index contributed by atoms with van der Waals surface area (Å²) in [5, 5.41) is 0.799. The summed E-state index contributed by atoms with van der Waals surface area (Å²) in [5.74, 6) is 3.76. The lowest BCUT2D eigenvalue weighted by atomic mass is 10.0. The van der Waals surface area contributed by atoms with Crippen LogP contribution in [0.25, 0.3) is 10.1 Å². The van der Waals surface area contributed by atoms with Gasteiger partial charge >= 0.3 is 0 Å². The molecular formula is C15H11F3N2S. The highest BCUT2D eigenvalue weighted by Gasteiger charge is 2.22. The van der Waals surface area contributed by atoms with E-state index in [4.69, 9.17) is 5.84 Å². The molecule has 1 unspecified atom stereocenters. The molecule has 0 aliphatic carbocycles. The van der Waals surface area contributed by atoms with E-state index in [9.17, 15) is 13.2 Å². The molecule has 6 heteroatoms. The maximum atomic E-state index is 13.9. The summed E-state index contributed by atoms with van der Waals surface area (Å²) in [6.45, 7) is 0. The molecule has 108 valence electrons. The maximum absolute atomic E-state index is 13.9. The lowest BCUT2D eigenvalue weighted by molar-refractivity contribution is 0.514. The minimum absolute atomic E-state index is 0.146. The van der Waals surface area contributed by atoms with E-state index in [0.717, 1.165) is 5.39 Å². The number of hydrogen-bond donors (Lipinski definition) is 2. The van der Waals surface area contributed by atoms with Gasteiger partial charge in [0.25, 0.3) is 0 Å². The van der Waals surface area contributed by atoms with Gasteiger partial charge in [0.1, 0.15) is 17.5 Å². The topological polar surface area (TPSA) is 38.0 Å². The van der Waals surface area contributed by atoms with Crippen LogP contribution in [0.4, 0.5) is 13.2 Å². The molecule has 1 heterocycles. The summed E-state index contributed by atoms with van der Waals surface area (Å²) >= 11 is 1.24. The first-order valence-corrected chi connectivity index (χ1v) is 7.01. The lowest BCUT2D eigenvalue weighted by Gasteiger charge is -2.16. The first-order chi connectivity index (χ1) is 10.1. The van der Waals surface area contributed by atoms with Crippen molar-refractivity contribution in [3.63, 3.8) is 0 Å². The van der Waals surface area contributed by atoms with Crippen molar-refractivity contribution in [2.75, 3.05) is 0 Å². The fourth-order valence-corrected chi connectivity index (χ4v) is 3.42. The average Bonchev–Trinajstić information content (AvgIpc) is 2.85. The summed E-state index contributed by atoms with van der Waals surface area (Å²) in [5.41, 5.74) is 2.28. The van der Waals surface area contributed by atoms with Gasteiger partial charge in [-0.2, -0.15) is 0 Å². The van der Waals surface area contributed by atoms with Crippen LogP contribution in [0, 0.1) is 17.5 Å². The zero-order chi connectivity index (χ0) is 15.0. The quantitative estimate of drug-likeness (QED) is 0.569. The lowest BCUT2D eigenvalue weighted by Crippen LogP contribution is -2.29. The van der Waals surface area contributed by atoms with Gasteiger partial charge in [-0.3, -0.25) is 5.84 Å². The molecule has 0 bridgehead atoms. The van der Waals surface area contributed by atoms with E-state index < -0.39 is 17.7 Å². The van der Waals surface area contributed by atoms with Crippen LogP contribution in [0.2, 0.25) is 0 Å². The van der Waals surface area contributed by atoms with Crippen molar-refractivity contribution in [3.8, 4) is 0 Å². The molecule has 21 heavy (non-hydrogen) atoms. The Morgan fingerprint density at radius 2 is 1.71 bits per heavy atom. The third kappa shape index (κ3) is 2.53. The van der Waals surface area contributed by atoms with Crippen LogP contribution in [-0.2, 0) is 0 Å². The molecule has 2 aromatic carbocycles. The third-order valence-electron chi connectivity index (χ3n) is 3.24. The van der Waals surface area contributed by atoms with Gasteiger partial charge in [-0.05, 0) is 35.7 Å². The van der Waals surface area contributed by atoms with Gasteiger partial charge in [0.2, 0.25) is 0 Å². The minimum atomic E-state index is -0.827. The van der Waals surface area contributed by atoms with Gasteiger partial charge in [-0.1, -0.05) is 12.1 Å². The average molecular weight is 308 g/mol. The minimum Gasteiger partial charge on any atom is -0.271 e. The molecule has 3 rings (SSSR count). The van der Waals surface area contributed by atoms with Gasteiger partial charge in [-0.15, -0.1) is 11.3 Å². The number of hydrazine groups is 1. The Morgan fingerprint density at radius 3 is 2.38 bits per heavy atom. The van der Waals surface area contributed by atoms with Gasteiger partial charge < -0.3 is 0 Å². The molecule has 3 aromatic rings. The molecule has 1 aromatic heterocycles. The number of nitrogens with one attached hydrogen (secondary N) is 1. The number of halogens is 3. The molecule has 1 atom stereocenters. The van der Waals surface area contributed by atoms with Crippen molar-refractivity contribution >= 4 is 21.4 Å². The Kier molecular flexibility index (Phi) is 3.67. The predicted molar refractivity (Wildman–Crippen MR) is 77.3 cm³/mol. The normalized spacial score (nSPS) is 12.8. The summed E-state index contributed by atoms with van der Waals surface area (Å²) in [6, 6.07) is 8.91. The maximum Gasteiger partial charge on any atom is 0.131 e. The fraction of sp³-hybridized carbons (Fsp3) is 0.0667. The molecule has 0 aliphatic heterocycles. The van der Waals surface area contributed by atoms with Gasteiger partial charge in [0.05, 0.1) is 6.04 Å². The number of thiophene rings is 1. The number of benzene rings is 2. The van der Waals surface area contributed by atoms with E-state index in [-0.39, 0.29) is 11.4 Å². The van der Waals surface area contributed by atoms with Crippen molar-refractivity contribution in [2.24, 2.45) is 5.84 Å². The Balaban J connectivity index is 2.14. The highest BCUT2D eigenvalue weighted by Crippen LogP contribution is 2.35. The molecule has 0 radical (unpaired) electrons. The first-order valence-electron chi connectivity index (χ1n) is 6.19. The third-order valence-corrected chi connectivity index (χ3v) is 4.40. The van der Waals surface area contributed by atoms with Crippen molar-refractivity contribution in [3.05, 3.63) is 70.4 Å². The highest BCUT2D eigenvalue weighted by atomic mass is 32.1. The first kappa shape index (κ1) is 14.1. The van der Waals surface area contributed by atoms with Gasteiger partial charge in [0, 0.05) is 15.1 Å². The molecule has 0 saturated heterocycles. The zero-order valence-corrected chi connectivity index (χ0v) is 11.6. The highest BCUT2D eigenvalue weighted by molar-refractivity contribution is 7.19. The van der Waals surface area contributed by atoms with E-state index in [1.54, 1.807) is 12.1 Å². The zero-order valence-electron chi connectivity index (χ0n) is 10.7. The Hall–Kier alpha value is -1.89. The van der Waals surface area contributed by atoms with Crippen molar-refractivity contribution < 1.29 is 13.2 Å². The van der Waals surface area contributed by atoms with Crippen LogP contribution in [0.3, 0.4) is 0 Å². The second-order valence-corrected chi connectivity index (χ2v) is 5.68. The van der Waals surface area contributed by atoms with Crippen LogP contribution in [0.5, 0.6) is 0 Å². The SMILES string of the molecule is NNC(c1cc2ccc(F)cc2s1)c1c(F)cccc1F. The Bertz CT molecular complexity index is 780. The van der Waals surface area contributed by atoms with E-state index >= 15 is 0 Å². The summed E-state index contributed by atoms with van der Waals surface area (Å²) < 4.78 is 41.7. The molecule has 3 N–H and O–H groups in total. The van der Waals surface area contributed by atoms with Crippen LogP contribution in [-0.4, -0.2) is 0 Å². The molecule has 0 aliphatic rings. The van der Waals surface area contributed by atoms with Crippen LogP contribution >= 0.6 is 11.3 Å². The van der Waals surface area contributed by atoms with Gasteiger partial charge in [0.15, 0.2) is 0 Å². The van der Waals surface area contributed by atoms with Crippen LogP contribution in [0.15, 0.2) is 42.5 Å². The van der Waals surface area contributed by atoms with Crippen LogP contribution in [0.1, 0.15) is 16.5 Å². The van der Waals surface area contributed by atoms with E-state index in [1.807, 2.05) is 0 Å². The second kappa shape index (κ2) is 5.48. The molecule has 0 saturated carbocycles. The Labute approximate surface area is 123 Å².